The summed E-state index contributed by atoms with van der Waals surface area (Å²) in [6.07, 6.45) is 6.10. The fourth-order valence-corrected chi connectivity index (χ4v) is 1.91. The maximum Gasteiger partial charge on any atom is 0.159 e. The van der Waals surface area contributed by atoms with Gasteiger partial charge in [0.2, 0.25) is 0 Å². The van der Waals surface area contributed by atoms with E-state index in [-0.39, 0.29) is 0 Å². The predicted octanol–water partition coefficient (Wildman–Crippen LogP) is 3.40. The molecule has 0 aromatic carbocycles. The van der Waals surface area contributed by atoms with Gasteiger partial charge in [-0.1, -0.05) is 30.1 Å². The number of aromatic nitrogens is 3. The molecule has 2 rings (SSSR count). The molecule has 2 aromatic rings. The Morgan fingerprint density at radius 1 is 1.35 bits per heavy atom. The quantitative estimate of drug-likeness (QED) is 0.926. The van der Waals surface area contributed by atoms with Crippen molar-refractivity contribution in [1.29, 1.82) is 0 Å². The van der Waals surface area contributed by atoms with Crippen molar-refractivity contribution < 1.29 is 0 Å². The molecule has 2 aromatic heterocycles. The molecule has 0 unspecified atom stereocenters. The molecule has 0 saturated heterocycles. The van der Waals surface area contributed by atoms with E-state index in [0.717, 1.165) is 13.0 Å². The van der Waals surface area contributed by atoms with Crippen LogP contribution in [0.25, 0.3) is 5.82 Å². The molecule has 90 valence electrons. The van der Waals surface area contributed by atoms with Crippen LogP contribution < -0.4 is 5.32 Å². The van der Waals surface area contributed by atoms with Gasteiger partial charge >= 0.3 is 0 Å². The number of rotatable bonds is 4. The summed E-state index contributed by atoms with van der Waals surface area (Å²) >= 11 is 12.2. The van der Waals surface area contributed by atoms with E-state index in [9.17, 15) is 0 Å². The van der Waals surface area contributed by atoms with Gasteiger partial charge in [-0.3, -0.25) is 4.57 Å². The number of hydrogen-bond acceptors (Lipinski definition) is 3. The lowest BCUT2D eigenvalue weighted by atomic mass is 10.4. The zero-order valence-corrected chi connectivity index (χ0v) is 10.8. The second kappa shape index (κ2) is 5.38. The van der Waals surface area contributed by atoms with Gasteiger partial charge in [0.15, 0.2) is 5.82 Å². The number of hydrogen-bond donors (Lipinski definition) is 1. The predicted molar refractivity (Wildman–Crippen MR) is 70.2 cm³/mol. The minimum Gasteiger partial charge on any atom is -0.369 e. The molecule has 0 spiro atoms. The van der Waals surface area contributed by atoms with Crippen molar-refractivity contribution in [2.75, 3.05) is 11.9 Å². The van der Waals surface area contributed by atoms with Crippen molar-refractivity contribution in [1.82, 2.24) is 14.5 Å². The molecule has 1 N–H and O–H groups in total. The molecule has 0 fully saturated rings. The maximum absolute atomic E-state index is 6.10. The highest BCUT2D eigenvalue weighted by Crippen LogP contribution is 2.28. The SMILES string of the molecule is CCCNc1nc(-n2ccnc2)c(Cl)cc1Cl. The van der Waals surface area contributed by atoms with E-state index in [2.05, 4.69) is 22.2 Å². The van der Waals surface area contributed by atoms with Crippen LogP contribution in [-0.2, 0) is 0 Å². The molecule has 17 heavy (non-hydrogen) atoms. The molecule has 0 atom stereocenters. The molecule has 0 aliphatic rings. The normalized spacial score (nSPS) is 10.5. The Labute approximate surface area is 110 Å². The van der Waals surface area contributed by atoms with Gasteiger partial charge in [0, 0.05) is 18.9 Å². The topological polar surface area (TPSA) is 42.7 Å². The largest absolute Gasteiger partial charge is 0.369 e. The van der Waals surface area contributed by atoms with Crippen molar-refractivity contribution >= 4 is 29.0 Å². The highest BCUT2D eigenvalue weighted by Gasteiger charge is 2.10. The van der Waals surface area contributed by atoms with Crippen LogP contribution in [0.3, 0.4) is 0 Å². The highest BCUT2D eigenvalue weighted by molar-refractivity contribution is 6.36. The van der Waals surface area contributed by atoms with Crippen LogP contribution in [0.15, 0.2) is 24.8 Å². The van der Waals surface area contributed by atoms with Gasteiger partial charge in [-0.15, -0.1) is 0 Å². The van der Waals surface area contributed by atoms with Gasteiger partial charge in [0.1, 0.15) is 12.1 Å². The molecule has 0 radical (unpaired) electrons. The Morgan fingerprint density at radius 3 is 2.82 bits per heavy atom. The summed E-state index contributed by atoms with van der Waals surface area (Å²) in [4.78, 5) is 8.36. The lowest BCUT2D eigenvalue weighted by Crippen LogP contribution is -2.05. The van der Waals surface area contributed by atoms with Crippen LogP contribution in [0, 0.1) is 0 Å². The first-order chi connectivity index (χ1) is 8.22. The second-order valence-corrected chi connectivity index (χ2v) is 4.34. The highest BCUT2D eigenvalue weighted by atomic mass is 35.5. The van der Waals surface area contributed by atoms with Gasteiger partial charge in [0.05, 0.1) is 10.0 Å². The first-order valence-corrected chi connectivity index (χ1v) is 6.06. The van der Waals surface area contributed by atoms with Crippen LogP contribution in [-0.4, -0.2) is 21.1 Å². The zero-order chi connectivity index (χ0) is 12.3. The van der Waals surface area contributed by atoms with Crippen LogP contribution in [0.5, 0.6) is 0 Å². The van der Waals surface area contributed by atoms with Gasteiger partial charge in [-0.2, -0.15) is 0 Å². The van der Waals surface area contributed by atoms with Crippen molar-refractivity contribution in [3.63, 3.8) is 0 Å². The summed E-state index contributed by atoms with van der Waals surface area (Å²) in [7, 11) is 0. The molecular weight excluding hydrogens is 259 g/mol. The monoisotopic (exact) mass is 270 g/mol. The third-order valence-corrected chi connectivity index (χ3v) is 2.77. The maximum atomic E-state index is 6.10. The number of nitrogens with one attached hydrogen (secondary N) is 1. The number of nitrogens with zero attached hydrogens (tertiary/aromatic N) is 3. The van der Waals surface area contributed by atoms with Crippen LogP contribution in [0.4, 0.5) is 5.82 Å². The summed E-state index contributed by atoms with van der Waals surface area (Å²) in [5, 5.41) is 4.17. The fraction of sp³-hybridized carbons (Fsp3) is 0.273. The molecule has 0 saturated carbocycles. The number of halogens is 2. The summed E-state index contributed by atoms with van der Waals surface area (Å²) in [6.45, 7) is 2.89. The van der Waals surface area contributed by atoms with Gasteiger partial charge in [0.25, 0.3) is 0 Å². The first kappa shape index (κ1) is 12.2. The molecular formula is C11H12Cl2N4. The summed E-state index contributed by atoms with van der Waals surface area (Å²) in [5.74, 6) is 1.26. The Kier molecular flexibility index (Phi) is 3.86. The molecule has 6 heteroatoms. The van der Waals surface area contributed by atoms with E-state index >= 15 is 0 Å². The zero-order valence-electron chi connectivity index (χ0n) is 9.32. The molecule has 0 aliphatic heterocycles. The molecule has 0 aliphatic carbocycles. The van der Waals surface area contributed by atoms with Gasteiger partial charge < -0.3 is 5.32 Å². The summed E-state index contributed by atoms with van der Waals surface area (Å²) in [5.41, 5.74) is 0. The molecule has 4 nitrogen and oxygen atoms in total. The van der Waals surface area contributed by atoms with Crippen molar-refractivity contribution in [2.24, 2.45) is 0 Å². The Bertz CT molecular complexity index is 496. The van der Waals surface area contributed by atoms with Crippen LogP contribution >= 0.6 is 23.2 Å². The van der Waals surface area contributed by atoms with Crippen molar-refractivity contribution in [3.8, 4) is 5.82 Å². The fourth-order valence-electron chi connectivity index (χ4n) is 1.39. The third-order valence-electron chi connectivity index (χ3n) is 2.20. The number of imidazole rings is 1. The lowest BCUT2D eigenvalue weighted by molar-refractivity contribution is 0.950. The Balaban J connectivity index is 2.39. The number of pyridine rings is 1. The molecule has 0 amide bonds. The Hall–Kier alpha value is -1.26. The van der Waals surface area contributed by atoms with E-state index in [4.69, 9.17) is 23.2 Å². The van der Waals surface area contributed by atoms with Gasteiger partial charge in [-0.25, -0.2) is 9.97 Å². The lowest BCUT2D eigenvalue weighted by Gasteiger charge is -2.10. The van der Waals surface area contributed by atoms with E-state index in [1.807, 2.05) is 0 Å². The molecule has 0 bridgehead atoms. The second-order valence-electron chi connectivity index (χ2n) is 3.52. The van der Waals surface area contributed by atoms with Crippen LogP contribution in [0.2, 0.25) is 10.0 Å². The van der Waals surface area contributed by atoms with Crippen molar-refractivity contribution in [2.45, 2.75) is 13.3 Å². The summed E-state index contributed by atoms with van der Waals surface area (Å²) in [6, 6.07) is 1.68. The van der Waals surface area contributed by atoms with Gasteiger partial charge in [-0.05, 0) is 12.5 Å². The number of anilines is 1. The van der Waals surface area contributed by atoms with E-state index in [1.54, 1.807) is 29.4 Å². The average Bonchev–Trinajstić information content (AvgIpc) is 2.81. The smallest absolute Gasteiger partial charge is 0.159 e. The van der Waals surface area contributed by atoms with E-state index in [1.165, 1.54) is 0 Å². The standard InChI is InChI=1S/C11H12Cl2N4/c1-2-3-15-10-8(12)6-9(13)11(16-10)17-5-4-14-7-17/h4-7H,2-3H2,1H3,(H,15,16). The average molecular weight is 271 g/mol. The Morgan fingerprint density at radius 2 is 2.18 bits per heavy atom. The van der Waals surface area contributed by atoms with E-state index in [0.29, 0.717) is 21.7 Å². The van der Waals surface area contributed by atoms with E-state index < -0.39 is 0 Å². The first-order valence-electron chi connectivity index (χ1n) is 5.30. The minimum atomic E-state index is 0.495. The third kappa shape index (κ3) is 2.70. The molecule has 2 heterocycles. The van der Waals surface area contributed by atoms with Crippen molar-refractivity contribution in [3.05, 3.63) is 34.8 Å². The summed E-state index contributed by atoms with van der Waals surface area (Å²) < 4.78 is 1.75. The minimum absolute atomic E-state index is 0.495. The van der Waals surface area contributed by atoms with Crippen LogP contribution in [0.1, 0.15) is 13.3 Å².